The second-order valence-electron chi connectivity index (χ2n) is 15.8. The first-order valence-corrected chi connectivity index (χ1v) is 21.1. The van der Waals surface area contributed by atoms with Crippen molar-refractivity contribution < 1.29 is 4.42 Å². The van der Waals surface area contributed by atoms with Crippen molar-refractivity contribution in [2.24, 2.45) is 0 Å². The predicted molar refractivity (Wildman–Crippen MR) is 264 cm³/mol. The molecule has 292 valence electrons. The standard InChI is InChI=1S/C60H41NO/c1-2-3-11-41-20-22-43(23-21-41)44-26-31-53(32-27-44)61(54-33-28-45(29-34-54)47-16-10-17-48(36-47)51-25-24-42-12-4-5-13-46(42)37-51)58-19-9-8-18-55(58)52-30-35-59-56(39-52)57-38-49-14-6-7-15-50(49)40-60(57)62-59/h2-40H,1H2/b11-3-. The van der Waals surface area contributed by atoms with Crippen LogP contribution in [0.25, 0.3) is 94.1 Å². The minimum absolute atomic E-state index is 0.883. The molecule has 0 fully saturated rings. The molecule has 11 aromatic rings. The van der Waals surface area contributed by atoms with Crippen molar-refractivity contribution in [3.8, 4) is 44.5 Å². The van der Waals surface area contributed by atoms with Gasteiger partial charge >= 0.3 is 0 Å². The van der Waals surface area contributed by atoms with Crippen molar-refractivity contribution in [3.05, 3.63) is 243 Å². The van der Waals surface area contributed by atoms with Gasteiger partial charge in [0.1, 0.15) is 11.2 Å². The Bertz CT molecular complexity index is 3460. The highest BCUT2D eigenvalue weighted by atomic mass is 16.3. The van der Waals surface area contributed by atoms with E-state index in [2.05, 4.69) is 236 Å². The summed E-state index contributed by atoms with van der Waals surface area (Å²) in [6, 6.07) is 78.8. The Morgan fingerprint density at radius 1 is 0.371 bits per heavy atom. The molecular weight excluding hydrogens is 751 g/mol. The Morgan fingerprint density at radius 3 is 1.61 bits per heavy atom. The van der Waals surface area contributed by atoms with Crippen LogP contribution in [0.15, 0.2) is 242 Å². The van der Waals surface area contributed by atoms with E-state index in [1.807, 2.05) is 6.08 Å². The van der Waals surface area contributed by atoms with Gasteiger partial charge in [0, 0.05) is 27.7 Å². The minimum atomic E-state index is 0.883. The maximum Gasteiger partial charge on any atom is 0.136 e. The molecule has 0 saturated carbocycles. The van der Waals surface area contributed by atoms with Gasteiger partial charge in [-0.2, -0.15) is 0 Å². The quantitative estimate of drug-likeness (QED) is 0.135. The van der Waals surface area contributed by atoms with E-state index in [0.29, 0.717) is 0 Å². The number of allylic oxidation sites excluding steroid dienone is 2. The average molecular weight is 792 g/mol. The van der Waals surface area contributed by atoms with Gasteiger partial charge in [0.15, 0.2) is 0 Å². The second-order valence-corrected chi connectivity index (χ2v) is 15.8. The number of anilines is 3. The van der Waals surface area contributed by atoms with Gasteiger partial charge in [-0.25, -0.2) is 0 Å². The van der Waals surface area contributed by atoms with Gasteiger partial charge in [-0.1, -0.05) is 176 Å². The fourth-order valence-electron chi connectivity index (χ4n) is 8.79. The zero-order valence-electron chi connectivity index (χ0n) is 34.1. The van der Waals surface area contributed by atoms with E-state index in [-0.39, 0.29) is 0 Å². The van der Waals surface area contributed by atoms with Gasteiger partial charge in [0.25, 0.3) is 0 Å². The van der Waals surface area contributed by atoms with Gasteiger partial charge < -0.3 is 9.32 Å². The molecule has 1 aromatic heterocycles. The normalized spacial score (nSPS) is 11.5. The van der Waals surface area contributed by atoms with E-state index in [1.54, 1.807) is 6.08 Å². The number of rotatable bonds is 9. The highest BCUT2D eigenvalue weighted by Crippen LogP contribution is 2.43. The maximum absolute atomic E-state index is 6.42. The van der Waals surface area contributed by atoms with Gasteiger partial charge in [-0.15, -0.1) is 0 Å². The maximum atomic E-state index is 6.42. The van der Waals surface area contributed by atoms with Crippen LogP contribution in [0.4, 0.5) is 17.1 Å². The molecule has 2 nitrogen and oxygen atoms in total. The number of fused-ring (bicyclic) bond motifs is 5. The summed E-state index contributed by atoms with van der Waals surface area (Å²) in [4.78, 5) is 2.38. The number of nitrogens with zero attached hydrogens (tertiary/aromatic N) is 1. The molecule has 0 amide bonds. The zero-order valence-corrected chi connectivity index (χ0v) is 34.1. The third-order valence-electron chi connectivity index (χ3n) is 12.0. The number of hydrogen-bond acceptors (Lipinski definition) is 2. The van der Waals surface area contributed by atoms with E-state index < -0.39 is 0 Å². The van der Waals surface area contributed by atoms with Crippen LogP contribution in [-0.2, 0) is 0 Å². The molecule has 10 aromatic carbocycles. The topological polar surface area (TPSA) is 16.4 Å². The Morgan fingerprint density at radius 2 is 0.903 bits per heavy atom. The number of para-hydroxylation sites is 1. The molecule has 0 saturated heterocycles. The summed E-state index contributed by atoms with van der Waals surface area (Å²) in [6.45, 7) is 3.80. The predicted octanol–water partition coefficient (Wildman–Crippen LogP) is 17.2. The summed E-state index contributed by atoms with van der Waals surface area (Å²) in [5.41, 5.74) is 15.5. The van der Waals surface area contributed by atoms with Crippen molar-refractivity contribution >= 4 is 66.6 Å². The highest BCUT2D eigenvalue weighted by molar-refractivity contribution is 6.11. The first-order valence-electron chi connectivity index (χ1n) is 21.1. The molecule has 11 rings (SSSR count). The molecule has 0 atom stereocenters. The molecule has 0 N–H and O–H groups in total. The summed E-state index contributed by atoms with van der Waals surface area (Å²) < 4.78 is 6.42. The molecule has 2 heteroatoms. The van der Waals surface area contributed by atoms with Crippen molar-refractivity contribution in [3.63, 3.8) is 0 Å². The fourth-order valence-corrected chi connectivity index (χ4v) is 8.79. The first-order chi connectivity index (χ1) is 30.6. The van der Waals surface area contributed by atoms with E-state index >= 15 is 0 Å². The van der Waals surface area contributed by atoms with E-state index in [0.717, 1.165) is 66.8 Å². The van der Waals surface area contributed by atoms with Crippen LogP contribution in [0.2, 0.25) is 0 Å². The van der Waals surface area contributed by atoms with Crippen molar-refractivity contribution in [1.82, 2.24) is 0 Å². The van der Waals surface area contributed by atoms with Crippen LogP contribution in [0.3, 0.4) is 0 Å². The summed E-state index contributed by atoms with van der Waals surface area (Å²) in [5.74, 6) is 0. The van der Waals surface area contributed by atoms with Crippen LogP contribution in [-0.4, -0.2) is 0 Å². The van der Waals surface area contributed by atoms with Gasteiger partial charge in [0.2, 0.25) is 0 Å². The molecule has 0 aliphatic heterocycles. The van der Waals surface area contributed by atoms with Gasteiger partial charge in [-0.3, -0.25) is 0 Å². The Kier molecular flexibility index (Phi) is 9.37. The molecule has 0 aliphatic rings. The highest BCUT2D eigenvalue weighted by Gasteiger charge is 2.19. The lowest BCUT2D eigenvalue weighted by molar-refractivity contribution is 0.669. The monoisotopic (exact) mass is 791 g/mol. The molecule has 0 radical (unpaired) electrons. The molecule has 1 heterocycles. The minimum Gasteiger partial charge on any atom is -0.456 e. The summed E-state index contributed by atoms with van der Waals surface area (Å²) >= 11 is 0. The number of benzene rings is 10. The molecule has 0 spiro atoms. The number of hydrogen-bond donors (Lipinski definition) is 0. The third-order valence-corrected chi connectivity index (χ3v) is 12.0. The van der Waals surface area contributed by atoms with Crippen LogP contribution in [0, 0.1) is 0 Å². The van der Waals surface area contributed by atoms with Gasteiger partial charge in [0.05, 0.1) is 5.69 Å². The third kappa shape index (κ3) is 6.94. The van der Waals surface area contributed by atoms with Crippen molar-refractivity contribution in [1.29, 1.82) is 0 Å². The summed E-state index contributed by atoms with van der Waals surface area (Å²) in [7, 11) is 0. The lowest BCUT2D eigenvalue weighted by Gasteiger charge is -2.28. The average Bonchev–Trinajstić information content (AvgIpc) is 3.70. The summed E-state index contributed by atoms with van der Waals surface area (Å²) in [5, 5.41) is 7.10. The second kappa shape index (κ2) is 15.8. The number of furan rings is 1. The first kappa shape index (κ1) is 36.8. The largest absolute Gasteiger partial charge is 0.456 e. The molecular formula is C60H41NO. The lowest BCUT2D eigenvalue weighted by atomic mass is 9.96. The van der Waals surface area contributed by atoms with Crippen molar-refractivity contribution in [2.45, 2.75) is 0 Å². The molecule has 0 bridgehead atoms. The van der Waals surface area contributed by atoms with Crippen LogP contribution < -0.4 is 4.90 Å². The van der Waals surface area contributed by atoms with E-state index in [4.69, 9.17) is 4.42 Å². The zero-order chi connectivity index (χ0) is 41.4. The van der Waals surface area contributed by atoms with E-state index in [1.165, 1.54) is 43.8 Å². The lowest BCUT2D eigenvalue weighted by Crippen LogP contribution is -2.11. The summed E-state index contributed by atoms with van der Waals surface area (Å²) in [6.07, 6.45) is 5.83. The Balaban J connectivity index is 0.998. The Labute approximate surface area is 361 Å². The van der Waals surface area contributed by atoms with Gasteiger partial charge in [-0.05, 0) is 133 Å². The SMILES string of the molecule is C=C/C=C\c1ccc(-c2ccc(N(c3ccc(-c4cccc(-c5ccc6ccccc6c5)c4)cc3)c3ccccc3-c3ccc4oc5cc6ccccc6cc5c4c3)cc2)cc1. The molecule has 0 unspecified atom stereocenters. The van der Waals surface area contributed by atoms with Crippen molar-refractivity contribution in [2.75, 3.05) is 4.90 Å². The molecule has 62 heavy (non-hydrogen) atoms. The van der Waals surface area contributed by atoms with Crippen LogP contribution in [0.1, 0.15) is 5.56 Å². The van der Waals surface area contributed by atoms with Crippen LogP contribution >= 0.6 is 0 Å². The Hall–Kier alpha value is -8.20. The van der Waals surface area contributed by atoms with Crippen LogP contribution in [0.5, 0.6) is 0 Å². The smallest absolute Gasteiger partial charge is 0.136 e. The molecule has 0 aliphatic carbocycles. The van der Waals surface area contributed by atoms with E-state index in [9.17, 15) is 0 Å². The fraction of sp³-hybridized carbons (Fsp3) is 0.